The molecule has 33 heavy (non-hydrogen) atoms. The molecule has 168 valence electrons. The Balaban J connectivity index is 1.56. The van der Waals surface area contributed by atoms with Crippen molar-refractivity contribution in [3.05, 3.63) is 90.2 Å². The van der Waals surface area contributed by atoms with Gasteiger partial charge in [0.2, 0.25) is 0 Å². The van der Waals surface area contributed by atoms with Crippen LogP contribution in [-0.4, -0.2) is 26.6 Å². The number of carboxylic acid groups (broad SMARTS) is 1. The van der Waals surface area contributed by atoms with E-state index in [0.29, 0.717) is 0 Å². The summed E-state index contributed by atoms with van der Waals surface area (Å²) in [6.45, 7) is 0. The Kier molecular flexibility index (Phi) is 6.17. The van der Waals surface area contributed by atoms with E-state index in [2.05, 4.69) is 4.72 Å². The van der Waals surface area contributed by atoms with E-state index in [4.69, 9.17) is 9.84 Å². The van der Waals surface area contributed by atoms with Crippen LogP contribution in [0.3, 0.4) is 0 Å². The highest BCUT2D eigenvalue weighted by Gasteiger charge is 2.20. The molecule has 0 spiro atoms. The molecule has 0 atom stereocenters. The number of methoxy groups -OCH3 is 1. The highest BCUT2D eigenvalue weighted by molar-refractivity contribution is 7.94. The number of aromatic carboxylic acids is 1. The minimum Gasteiger partial charge on any atom is -0.495 e. The van der Waals surface area contributed by atoms with Crippen LogP contribution in [0.2, 0.25) is 0 Å². The van der Waals surface area contributed by atoms with Gasteiger partial charge in [-0.2, -0.15) is 0 Å². The molecule has 0 aliphatic rings. The Bertz CT molecular complexity index is 1410. The lowest BCUT2D eigenvalue weighted by Gasteiger charge is -2.11. The molecular formula is C24H18FNO5S2. The number of rotatable bonds is 7. The highest BCUT2D eigenvalue weighted by Crippen LogP contribution is 2.34. The van der Waals surface area contributed by atoms with Crippen molar-refractivity contribution in [2.24, 2.45) is 0 Å². The summed E-state index contributed by atoms with van der Waals surface area (Å²) in [4.78, 5) is 11.9. The number of benzene rings is 3. The van der Waals surface area contributed by atoms with Gasteiger partial charge in [-0.15, -0.1) is 11.3 Å². The maximum Gasteiger partial charge on any atom is 0.335 e. The van der Waals surface area contributed by atoms with Gasteiger partial charge < -0.3 is 9.84 Å². The predicted molar refractivity (Wildman–Crippen MR) is 126 cm³/mol. The van der Waals surface area contributed by atoms with E-state index in [1.807, 2.05) is 24.3 Å². The highest BCUT2D eigenvalue weighted by atomic mass is 32.2. The van der Waals surface area contributed by atoms with Crippen LogP contribution in [0.5, 0.6) is 5.75 Å². The normalized spacial score (nSPS) is 11.2. The third-order valence-electron chi connectivity index (χ3n) is 4.89. The molecule has 3 aromatic carbocycles. The van der Waals surface area contributed by atoms with Crippen molar-refractivity contribution < 1.29 is 27.4 Å². The number of anilines is 1. The molecular weight excluding hydrogens is 465 g/mol. The molecule has 0 aliphatic carbocycles. The first-order valence-corrected chi connectivity index (χ1v) is 12.0. The van der Waals surface area contributed by atoms with Gasteiger partial charge in [0, 0.05) is 4.88 Å². The topological polar surface area (TPSA) is 92.7 Å². The monoisotopic (exact) mass is 483 g/mol. The first-order valence-electron chi connectivity index (χ1n) is 9.67. The van der Waals surface area contributed by atoms with Gasteiger partial charge >= 0.3 is 5.97 Å². The third-order valence-corrected chi connectivity index (χ3v) is 7.88. The zero-order valence-corrected chi connectivity index (χ0v) is 18.9. The van der Waals surface area contributed by atoms with Gasteiger partial charge in [0.25, 0.3) is 10.0 Å². The lowest BCUT2D eigenvalue weighted by molar-refractivity contribution is 0.0696. The van der Waals surface area contributed by atoms with Gasteiger partial charge in [0.1, 0.15) is 15.8 Å². The van der Waals surface area contributed by atoms with Crippen LogP contribution in [0.4, 0.5) is 10.1 Å². The zero-order chi connectivity index (χ0) is 23.6. The fourth-order valence-corrected chi connectivity index (χ4v) is 5.57. The van der Waals surface area contributed by atoms with Gasteiger partial charge in [0.05, 0.1) is 18.4 Å². The van der Waals surface area contributed by atoms with Crippen LogP contribution in [0.25, 0.3) is 21.6 Å². The van der Waals surface area contributed by atoms with Gasteiger partial charge in [0.15, 0.2) is 0 Å². The summed E-state index contributed by atoms with van der Waals surface area (Å²) >= 11 is 1.10. The Morgan fingerprint density at radius 1 is 0.909 bits per heavy atom. The average molecular weight is 484 g/mol. The van der Waals surface area contributed by atoms with E-state index in [1.165, 1.54) is 43.5 Å². The SMILES string of the molecule is COc1cc(C(=O)O)ccc1NS(=O)(=O)c1ccc(-c2ccc(-c3ccc(F)cc3)cc2)s1. The van der Waals surface area contributed by atoms with Crippen molar-refractivity contribution >= 4 is 33.0 Å². The molecule has 0 saturated heterocycles. The molecule has 6 nitrogen and oxygen atoms in total. The van der Waals surface area contributed by atoms with E-state index in [1.54, 1.807) is 18.2 Å². The van der Waals surface area contributed by atoms with Crippen LogP contribution < -0.4 is 9.46 Å². The number of sulfonamides is 1. The van der Waals surface area contributed by atoms with Gasteiger partial charge in [-0.25, -0.2) is 17.6 Å². The number of hydrogen-bond donors (Lipinski definition) is 2. The van der Waals surface area contributed by atoms with Gasteiger partial charge in [-0.05, 0) is 59.2 Å². The van der Waals surface area contributed by atoms with Crippen molar-refractivity contribution in [3.8, 4) is 27.3 Å². The molecule has 4 rings (SSSR count). The van der Waals surface area contributed by atoms with Crippen LogP contribution in [-0.2, 0) is 10.0 Å². The van der Waals surface area contributed by atoms with Crippen molar-refractivity contribution in [2.75, 3.05) is 11.8 Å². The minimum absolute atomic E-state index is 0.0164. The van der Waals surface area contributed by atoms with E-state index in [0.717, 1.165) is 32.9 Å². The molecule has 9 heteroatoms. The second-order valence-electron chi connectivity index (χ2n) is 7.03. The summed E-state index contributed by atoms with van der Waals surface area (Å²) in [6.07, 6.45) is 0. The second-order valence-corrected chi connectivity index (χ2v) is 10.0. The van der Waals surface area contributed by atoms with Crippen molar-refractivity contribution in [2.45, 2.75) is 4.21 Å². The van der Waals surface area contributed by atoms with Gasteiger partial charge in [-0.1, -0.05) is 36.4 Å². The Morgan fingerprint density at radius 3 is 2.12 bits per heavy atom. The Labute approximate surface area is 194 Å². The Morgan fingerprint density at radius 2 is 1.52 bits per heavy atom. The maximum atomic E-state index is 13.1. The number of hydrogen-bond acceptors (Lipinski definition) is 5. The molecule has 0 fully saturated rings. The van der Waals surface area contributed by atoms with Crippen LogP contribution in [0.1, 0.15) is 10.4 Å². The van der Waals surface area contributed by atoms with E-state index >= 15 is 0 Å². The molecule has 4 aromatic rings. The summed E-state index contributed by atoms with van der Waals surface area (Å²) in [7, 11) is -2.58. The van der Waals surface area contributed by atoms with Gasteiger partial charge in [-0.3, -0.25) is 4.72 Å². The van der Waals surface area contributed by atoms with Crippen LogP contribution in [0, 0.1) is 5.82 Å². The third kappa shape index (κ3) is 4.89. The molecule has 0 unspecified atom stereocenters. The number of carboxylic acids is 1. The lowest BCUT2D eigenvalue weighted by atomic mass is 10.0. The summed E-state index contributed by atoms with van der Waals surface area (Å²) in [5.41, 5.74) is 2.76. The zero-order valence-electron chi connectivity index (χ0n) is 17.3. The van der Waals surface area contributed by atoms with Crippen LogP contribution >= 0.6 is 11.3 Å². The number of nitrogens with one attached hydrogen (secondary N) is 1. The number of carbonyl (C=O) groups is 1. The summed E-state index contributed by atoms with van der Waals surface area (Å²) in [5.74, 6) is -1.34. The molecule has 0 aliphatic heterocycles. The van der Waals surface area contributed by atoms with E-state index < -0.39 is 16.0 Å². The fourth-order valence-electron chi connectivity index (χ4n) is 3.19. The van der Waals surface area contributed by atoms with Crippen molar-refractivity contribution in [1.82, 2.24) is 0 Å². The fraction of sp³-hybridized carbons (Fsp3) is 0.0417. The van der Waals surface area contributed by atoms with Crippen molar-refractivity contribution in [1.29, 1.82) is 0 Å². The molecule has 0 bridgehead atoms. The van der Waals surface area contributed by atoms with E-state index in [9.17, 15) is 17.6 Å². The summed E-state index contributed by atoms with van der Waals surface area (Å²) in [5, 5.41) is 9.10. The smallest absolute Gasteiger partial charge is 0.335 e. The van der Waals surface area contributed by atoms with Crippen molar-refractivity contribution in [3.63, 3.8) is 0 Å². The molecule has 0 radical (unpaired) electrons. The summed E-state index contributed by atoms with van der Waals surface area (Å²) in [6, 6.07) is 20.9. The second kappa shape index (κ2) is 9.05. The molecule has 2 N–H and O–H groups in total. The molecule has 0 saturated carbocycles. The standard InChI is InChI=1S/C24H18FNO5S2/c1-31-21-14-18(24(27)28)8-11-20(21)26-33(29,30)23-13-12-22(32-23)17-4-2-15(3-5-17)16-6-9-19(25)10-7-16/h2-14,26H,1H3,(H,27,28). The lowest BCUT2D eigenvalue weighted by Crippen LogP contribution is -2.12. The molecule has 1 aromatic heterocycles. The average Bonchev–Trinajstić information content (AvgIpc) is 3.31. The number of ether oxygens (including phenoxy) is 1. The first kappa shape index (κ1) is 22.5. The molecule has 0 amide bonds. The maximum absolute atomic E-state index is 13.1. The number of halogens is 1. The first-order chi connectivity index (χ1) is 15.8. The van der Waals surface area contributed by atoms with Crippen LogP contribution in [0.15, 0.2) is 83.1 Å². The molecule has 1 heterocycles. The quantitative estimate of drug-likeness (QED) is 0.350. The van der Waals surface area contributed by atoms with E-state index in [-0.39, 0.29) is 27.0 Å². The summed E-state index contributed by atoms with van der Waals surface area (Å²) < 4.78 is 46.6. The minimum atomic E-state index is -3.92. The largest absolute Gasteiger partial charge is 0.495 e. The predicted octanol–water partition coefficient (Wildman–Crippen LogP) is 5.73. The Hall–Kier alpha value is -3.69. The number of thiophene rings is 1.